The van der Waals surface area contributed by atoms with Crippen LogP contribution in [0.3, 0.4) is 0 Å². The first kappa shape index (κ1) is 58.8. The molecule has 0 saturated carbocycles. The van der Waals surface area contributed by atoms with E-state index >= 15 is 0 Å². The molecule has 15 N–H and O–H groups in total. The largest absolute Gasteiger partial charge is 0.394 e. The number of carbonyl (C=O) groups excluding carboxylic acids is 4. The highest BCUT2D eigenvalue weighted by Crippen LogP contribution is 2.31. The standard InChI is InChI=1S/C41H71N3O25/c1-3-42-23(48)8-4-5-9-25(50)44(13-19(47)7-6-11-62-38-33(58)30(55)26(51)18(2)65-38)14-24(49)43-10-12-63-40-36(61)37(69-41-35(60)32(57)28(53)21(16-46)67-41)29(54)22(68-40)17-64-39-34(59)31(56)27(52)20(15-45)66-39/h18,20-22,26-41,45-46,51-61H,3-17H2,1-2H3,(H,42,48)(H,43,49)/t18-,20+,21+,22+,26+,27+,28+,29+,30+,31-,32-,33-,34-,35-,36-,37-,38+,39-,40-,41+/m0/s1. The number of hydrogen-bond acceptors (Lipinski definition) is 25. The zero-order valence-electron chi connectivity index (χ0n) is 38.3. The average Bonchev–Trinajstić information content (AvgIpc) is 3.32. The summed E-state index contributed by atoms with van der Waals surface area (Å²) in [6.07, 6.45) is -32.3. The van der Waals surface area contributed by atoms with Gasteiger partial charge in [0.05, 0.1) is 52.2 Å². The van der Waals surface area contributed by atoms with Gasteiger partial charge in [0.2, 0.25) is 17.7 Å². The van der Waals surface area contributed by atoms with E-state index in [1.807, 2.05) is 0 Å². The molecule has 4 aliphatic heterocycles. The van der Waals surface area contributed by atoms with Crippen LogP contribution in [0.2, 0.25) is 0 Å². The van der Waals surface area contributed by atoms with Gasteiger partial charge in [-0.05, 0) is 33.1 Å². The molecule has 0 spiro atoms. The Morgan fingerprint density at radius 3 is 1.68 bits per heavy atom. The summed E-state index contributed by atoms with van der Waals surface area (Å²) in [7, 11) is 0. The van der Waals surface area contributed by atoms with E-state index in [0.717, 1.165) is 4.90 Å². The SMILES string of the molecule is CCNC(=O)CCCCC(=O)N(CC(=O)CCCO[C@@H]1O[C@@H](C)[C@@H](O)[C@@H](O)[C@@H]1O)CC(=O)NCCO[C@H]1O[C@H](CO[C@H]2O[C@H](CO)[C@@H](O)[C@H](O)[C@@H]2O)[C@@H](O)[C@H](O[C@H]2O[C@H](CO)[C@@H](O)[C@H](O)[C@@H]2O)[C@@H]1O. The van der Waals surface area contributed by atoms with Crippen LogP contribution in [0.25, 0.3) is 0 Å². The Bertz CT molecular complexity index is 1590. The normalized spacial score (nSPS) is 38.3. The van der Waals surface area contributed by atoms with Crippen molar-refractivity contribution in [1.82, 2.24) is 15.5 Å². The van der Waals surface area contributed by atoms with Gasteiger partial charge in [0, 0.05) is 32.4 Å². The molecule has 4 fully saturated rings. The van der Waals surface area contributed by atoms with Crippen molar-refractivity contribution in [2.45, 2.75) is 175 Å². The second kappa shape index (κ2) is 28.5. The lowest BCUT2D eigenvalue weighted by Crippen LogP contribution is -2.65. The molecule has 0 aromatic heterocycles. The van der Waals surface area contributed by atoms with Gasteiger partial charge in [-0.15, -0.1) is 0 Å². The number of amides is 3. The van der Waals surface area contributed by atoms with Gasteiger partial charge < -0.3 is 120 Å². The summed E-state index contributed by atoms with van der Waals surface area (Å²) in [6, 6.07) is 0. The quantitative estimate of drug-likeness (QED) is 0.0358. The Morgan fingerprint density at radius 2 is 1.06 bits per heavy atom. The van der Waals surface area contributed by atoms with Crippen LogP contribution in [0.1, 0.15) is 52.4 Å². The molecule has 69 heavy (non-hydrogen) atoms. The molecule has 28 heteroatoms. The second-order valence-corrected chi connectivity index (χ2v) is 17.2. The molecule has 4 saturated heterocycles. The van der Waals surface area contributed by atoms with E-state index in [-0.39, 0.29) is 51.2 Å². The van der Waals surface area contributed by atoms with Gasteiger partial charge in [-0.2, -0.15) is 0 Å². The first-order chi connectivity index (χ1) is 32.7. The van der Waals surface area contributed by atoms with Gasteiger partial charge in [-0.25, -0.2) is 0 Å². The summed E-state index contributed by atoms with van der Waals surface area (Å²) in [5, 5.41) is 139. The number of ketones is 1. The summed E-state index contributed by atoms with van der Waals surface area (Å²) < 4.78 is 44.2. The van der Waals surface area contributed by atoms with E-state index in [1.165, 1.54) is 6.92 Å². The molecular formula is C41H71N3O25. The summed E-state index contributed by atoms with van der Waals surface area (Å²) in [6.45, 7) is -0.604. The highest BCUT2D eigenvalue weighted by molar-refractivity contribution is 5.89. The zero-order valence-corrected chi connectivity index (χ0v) is 38.3. The third kappa shape index (κ3) is 16.4. The van der Waals surface area contributed by atoms with Crippen molar-refractivity contribution in [2.24, 2.45) is 0 Å². The Labute approximate surface area is 396 Å². The Morgan fingerprint density at radius 1 is 0.522 bits per heavy atom. The number of unbranched alkanes of at least 4 members (excludes halogenated alkanes) is 1. The van der Waals surface area contributed by atoms with Crippen molar-refractivity contribution in [3.8, 4) is 0 Å². The van der Waals surface area contributed by atoms with Gasteiger partial charge >= 0.3 is 0 Å². The van der Waals surface area contributed by atoms with E-state index in [1.54, 1.807) is 6.92 Å². The first-order valence-electron chi connectivity index (χ1n) is 22.9. The number of hydrogen-bond donors (Lipinski definition) is 15. The Kier molecular flexibility index (Phi) is 24.3. The molecule has 4 aliphatic rings. The minimum Gasteiger partial charge on any atom is -0.394 e. The monoisotopic (exact) mass is 1010 g/mol. The molecule has 0 radical (unpaired) electrons. The fourth-order valence-electron chi connectivity index (χ4n) is 7.81. The second-order valence-electron chi connectivity index (χ2n) is 17.2. The Hall–Kier alpha value is -2.76. The number of carbonyl (C=O) groups is 4. The predicted octanol–water partition coefficient (Wildman–Crippen LogP) is -8.71. The number of nitrogens with zero attached hydrogens (tertiary/aromatic N) is 1. The van der Waals surface area contributed by atoms with Crippen molar-refractivity contribution < 1.29 is 123 Å². The highest BCUT2D eigenvalue weighted by Gasteiger charge is 2.52. The van der Waals surface area contributed by atoms with E-state index in [4.69, 9.17) is 37.9 Å². The Balaban J connectivity index is 1.37. The molecule has 0 unspecified atom stereocenters. The molecule has 0 aliphatic carbocycles. The van der Waals surface area contributed by atoms with Crippen LogP contribution in [-0.2, 0) is 57.1 Å². The van der Waals surface area contributed by atoms with Crippen molar-refractivity contribution in [1.29, 1.82) is 0 Å². The van der Waals surface area contributed by atoms with E-state index < -0.39 is 180 Å². The zero-order chi connectivity index (χ0) is 51.1. The topological polar surface area (TPSA) is 432 Å². The summed E-state index contributed by atoms with van der Waals surface area (Å²) in [5.41, 5.74) is 0. The molecule has 0 aromatic carbocycles. The minimum atomic E-state index is -1.97. The summed E-state index contributed by atoms with van der Waals surface area (Å²) >= 11 is 0. The fraction of sp³-hybridized carbons (Fsp3) is 0.902. The van der Waals surface area contributed by atoms with E-state index in [0.29, 0.717) is 13.0 Å². The number of aliphatic hydroxyl groups is 13. The third-order valence-corrected chi connectivity index (χ3v) is 11.9. The lowest BCUT2D eigenvalue weighted by molar-refractivity contribution is -0.366. The van der Waals surface area contributed by atoms with Crippen LogP contribution < -0.4 is 10.6 Å². The van der Waals surface area contributed by atoms with Crippen LogP contribution in [0, 0.1) is 0 Å². The van der Waals surface area contributed by atoms with Crippen molar-refractivity contribution in [2.75, 3.05) is 59.2 Å². The number of rotatable bonds is 26. The average molecular weight is 1010 g/mol. The highest BCUT2D eigenvalue weighted by atomic mass is 16.8. The molecule has 28 nitrogen and oxygen atoms in total. The van der Waals surface area contributed by atoms with Crippen LogP contribution in [0.15, 0.2) is 0 Å². The van der Waals surface area contributed by atoms with E-state index in [2.05, 4.69) is 10.6 Å². The maximum Gasteiger partial charge on any atom is 0.239 e. The number of Topliss-reactive ketones (excluding diaryl/α,β-unsaturated/α-hetero) is 1. The predicted molar refractivity (Wildman–Crippen MR) is 224 cm³/mol. The molecule has 4 heterocycles. The lowest BCUT2D eigenvalue weighted by atomic mass is 9.96. The number of ether oxygens (including phenoxy) is 8. The molecule has 0 bridgehead atoms. The fourth-order valence-corrected chi connectivity index (χ4v) is 7.81. The molecular weight excluding hydrogens is 934 g/mol. The molecule has 3 amide bonds. The van der Waals surface area contributed by atoms with E-state index in [9.17, 15) is 85.6 Å². The smallest absolute Gasteiger partial charge is 0.239 e. The van der Waals surface area contributed by atoms with Gasteiger partial charge in [0.15, 0.2) is 30.9 Å². The van der Waals surface area contributed by atoms with Crippen molar-refractivity contribution >= 4 is 23.5 Å². The van der Waals surface area contributed by atoms with Gasteiger partial charge in [-0.1, -0.05) is 0 Å². The van der Waals surface area contributed by atoms with Gasteiger partial charge in [-0.3, -0.25) is 19.2 Å². The number of nitrogens with one attached hydrogen (secondary N) is 2. The van der Waals surface area contributed by atoms with Crippen LogP contribution in [0.5, 0.6) is 0 Å². The maximum atomic E-state index is 13.3. The minimum absolute atomic E-state index is 0.0951. The molecule has 20 atom stereocenters. The first-order valence-corrected chi connectivity index (χ1v) is 22.9. The molecule has 4 rings (SSSR count). The number of aliphatic hydroxyl groups excluding tert-OH is 13. The van der Waals surface area contributed by atoms with Gasteiger partial charge in [0.1, 0.15) is 91.6 Å². The third-order valence-electron chi connectivity index (χ3n) is 11.9. The summed E-state index contributed by atoms with van der Waals surface area (Å²) in [5.74, 6) is -1.99. The van der Waals surface area contributed by atoms with Crippen LogP contribution in [0.4, 0.5) is 0 Å². The molecule has 400 valence electrons. The maximum absolute atomic E-state index is 13.3. The van der Waals surface area contributed by atoms with Crippen LogP contribution >= 0.6 is 0 Å². The van der Waals surface area contributed by atoms with Crippen LogP contribution in [-0.4, -0.2) is 277 Å². The van der Waals surface area contributed by atoms with Crippen molar-refractivity contribution in [3.05, 3.63) is 0 Å². The molecule has 0 aromatic rings. The van der Waals surface area contributed by atoms with Gasteiger partial charge in [0.25, 0.3) is 0 Å². The van der Waals surface area contributed by atoms with Crippen molar-refractivity contribution in [3.63, 3.8) is 0 Å². The lowest BCUT2D eigenvalue weighted by Gasteiger charge is -2.46. The summed E-state index contributed by atoms with van der Waals surface area (Å²) in [4.78, 5) is 52.5.